The highest BCUT2D eigenvalue weighted by molar-refractivity contribution is 5.96. The van der Waals surface area contributed by atoms with Crippen LogP contribution in [0.1, 0.15) is 28.2 Å². The number of hydrogen-bond acceptors (Lipinski definition) is 4. The van der Waals surface area contributed by atoms with Gasteiger partial charge in [-0.2, -0.15) is 5.10 Å². The molecule has 0 saturated carbocycles. The van der Waals surface area contributed by atoms with Gasteiger partial charge in [0.05, 0.1) is 17.6 Å². The minimum atomic E-state index is -0.164. The van der Waals surface area contributed by atoms with Gasteiger partial charge in [-0.05, 0) is 41.8 Å². The van der Waals surface area contributed by atoms with E-state index in [1.807, 2.05) is 47.4 Å². The quantitative estimate of drug-likeness (QED) is 0.535. The Kier molecular flexibility index (Phi) is 5.01. The number of nitrogens with one attached hydrogen (secondary N) is 1. The van der Waals surface area contributed by atoms with Crippen LogP contribution in [0, 0.1) is 0 Å². The summed E-state index contributed by atoms with van der Waals surface area (Å²) in [6.07, 6.45) is 3.28. The van der Waals surface area contributed by atoms with Gasteiger partial charge in [0.25, 0.3) is 5.91 Å². The molecule has 0 radical (unpaired) electrons. The van der Waals surface area contributed by atoms with Crippen molar-refractivity contribution in [3.63, 3.8) is 0 Å². The molecule has 0 aliphatic carbocycles. The number of carbonyl (C=O) groups is 2. The van der Waals surface area contributed by atoms with Gasteiger partial charge in [0.2, 0.25) is 5.91 Å². The molecule has 32 heavy (non-hydrogen) atoms. The lowest BCUT2D eigenvalue weighted by Crippen LogP contribution is -2.36. The highest BCUT2D eigenvalue weighted by Crippen LogP contribution is 2.27. The zero-order valence-electron chi connectivity index (χ0n) is 18.1. The number of benzene rings is 2. The summed E-state index contributed by atoms with van der Waals surface area (Å²) in [6, 6.07) is 15.5. The first-order chi connectivity index (χ1) is 15.5. The maximum Gasteiger partial charge on any atom is 0.289 e. The maximum absolute atomic E-state index is 13.0. The van der Waals surface area contributed by atoms with Crippen molar-refractivity contribution in [1.82, 2.24) is 20.0 Å². The van der Waals surface area contributed by atoms with Crippen molar-refractivity contribution in [3.05, 3.63) is 71.6 Å². The Morgan fingerprint density at radius 2 is 2.00 bits per heavy atom. The molecule has 2 amide bonds. The number of carbonyl (C=O) groups excluding carboxylic acids is 2. The number of furan rings is 1. The number of nitrogens with zero attached hydrogens (tertiary/aromatic N) is 3. The van der Waals surface area contributed by atoms with Crippen LogP contribution in [0.2, 0.25) is 0 Å². The molecule has 5 rings (SSSR count). The summed E-state index contributed by atoms with van der Waals surface area (Å²) in [6.45, 7) is 1.25. The monoisotopic (exact) mass is 428 g/mol. The van der Waals surface area contributed by atoms with Crippen LogP contribution in [-0.4, -0.2) is 59.0 Å². The number of aromatic nitrogens is 2. The Morgan fingerprint density at radius 3 is 2.84 bits per heavy atom. The van der Waals surface area contributed by atoms with E-state index >= 15 is 0 Å². The summed E-state index contributed by atoms with van der Waals surface area (Å²) in [5, 5.41) is 9.17. The van der Waals surface area contributed by atoms with Crippen LogP contribution in [0.25, 0.3) is 27.4 Å². The number of rotatable bonds is 4. The smallest absolute Gasteiger partial charge is 0.289 e. The predicted molar refractivity (Wildman–Crippen MR) is 123 cm³/mol. The molecule has 162 valence electrons. The molecule has 7 nitrogen and oxygen atoms in total. The van der Waals surface area contributed by atoms with Crippen LogP contribution in [0.15, 0.2) is 59.0 Å². The summed E-state index contributed by atoms with van der Waals surface area (Å²) in [5.74, 6) is 0.236. The second kappa shape index (κ2) is 8.00. The Hall–Kier alpha value is -3.87. The van der Waals surface area contributed by atoms with Gasteiger partial charge in [-0.1, -0.05) is 30.3 Å². The lowest BCUT2D eigenvalue weighted by molar-refractivity contribution is -0.130. The van der Waals surface area contributed by atoms with E-state index in [1.165, 1.54) is 4.90 Å². The van der Waals surface area contributed by atoms with Gasteiger partial charge >= 0.3 is 0 Å². The molecule has 3 heterocycles. The minimum Gasteiger partial charge on any atom is -0.451 e. The van der Waals surface area contributed by atoms with Crippen LogP contribution >= 0.6 is 0 Å². The fourth-order valence-electron chi connectivity index (χ4n) is 4.15. The molecule has 2 aromatic carbocycles. The first-order valence-electron chi connectivity index (χ1n) is 10.6. The van der Waals surface area contributed by atoms with Crippen LogP contribution in [0.3, 0.4) is 0 Å². The molecular formula is C25H24N4O3. The molecule has 0 unspecified atom stereocenters. The van der Waals surface area contributed by atoms with E-state index in [1.54, 1.807) is 20.2 Å². The first-order valence-corrected chi connectivity index (χ1v) is 10.6. The van der Waals surface area contributed by atoms with E-state index in [4.69, 9.17) is 4.42 Å². The zero-order chi connectivity index (χ0) is 22.2. The van der Waals surface area contributed by atoms with Gasteiger partial charge in [-0.3, -0.25) is 14.7 Å². The van der Waals surface area contributed by atoms with E-state index in [0.717, 1.165) is 39.5 Å². The van der Waals surface area contributed by atoms with Gasteiger partial charge in [-0.25, -0.2) is 0 Å². The molecule has 0 bridgehead atoms. The molecule has 0 fully saturated rings. The molecule has 1 aliphatic rings. The van der Waals surface area contributed by atoms with E-state index in [2.05, 4.69) is 16.3 Å². The van der Waals surface area contributed by atoms with Crippen LogP contribution in [-0.2, 0) is 11.2 Å². The van der Waals surface area contributed by atoms with E-state index in [-0.39, 0.29) is 11.8 Å². The third-order valence-electron chi connectivity index (χ3n) is 5.88. The first kappa shape index (κ1) is 20.1. The average Bonchev–Trinajstić information content (AvgIpc) is 3.42. The summed E-state index contributed by atoms with van der Waals surface area (Å²) >= 11 is 0. The Labute approximate surface area is 185 Å². The summed E-state index contributed by atoms with van der Waals surface area (Å²) < 4.78 is 5.70. The van der Waals surface area contributed by atoms with Gasteiger partial charge in [-0.15, -0.1) is 0 Å². The molecule has 1 aliphatic heterocycles. The number of hydrogen-bond donors (Lipinski definition) is 1. The third kappa shape index (κ3) is 3.66. The number of H-pyrrole nitrogens is 1. The highest BCUT2D eigenvalue weighted by Gasteiger charge is 2.21. The van der Waals surface area contributed by atoms with Gasteiger partial charge < -0.3 is 14.2 Å². The fraction of sp³-hybridized carbons (Fsp3) is 0.240. The van der Waals surface area contributed by atoms with Crippen molar-refractivity contribution in [2.24, 2.45) is 0 Å². The Morgan fingerprint density at radius 1 is 1.16 bits per heavy atom. The van der Waals surface area contributed by atoms with Gasteiger partial charge in [0.1, 0.15) is 5.58 Å². The van der Waals surface area contributed by atoms with Crippen LogP contribution in [0.4, 0.5) is 0 Å². The lowest BCUT2D eigenvalue weighted by Gasteiger charge is -2.27. The van der Waals surface area contributed by atoms with Crippen molar-refractivity contribution in [2.75, 3.05) is 27.2 Å². The van der Waals surface area contributed by atoms with Gasteiger partial charge in [0, 0.05) is 38.0 Å². The lowest BCUT2D eigenvalue weighted by atomic mass is 9.99. The van der Waals surface area contributed by atoms with Crippen molar-refractivity contribution < 1.29 is 14.0 Å². The second-order valence-corrected chi connectivity index (χ2v) is 8.29. The maximum atomic E-state index is 13.0. The topological polar surface area (TPSA) is 82.4 Å². The van der Waals surface area contributed by atoms with Crippen LogP contribution in [0.5, 0.6) is 0 Å². The molecule has 0 saturated heterocycles. The summed E-state index contributed by atoms with van der Waals surface area (Å²) in [7, 11) is 3.40. The van der Waals surface area contributed by atoms with E-state index < -0.39 is 0 Å². The molecule has 0 atom stereocenters. The fourth-order valence-corrected chi connectivity index (χ4v) is 4.15. The molecular weight excluding hydrogens is 404 g/mol. The summed E-state index contributed by atoms with van der Waals surface area (Å²) in [4.78, 5) is 28.6. The molecule has 7 heteroatoms. The van der Waals surface area contributed by atoms with Crippen molar-refractivity contribution in [3.8, 4) is 0 Å². The summed E-state index contributed by atoms with van der Waals surface area (Å²) in [5.41, 5.74) is 4.53. The van der Waals surface area contributed by atoms with Crippen molar-refractivity contribution in [2.45, 2.75) is 12.8 Å². The zero-order valence-corrected chi connectivity index (χ0v) is 18.1. The number of aromatic amines is 1. The van der Waals surface area contributed by atoms with Crippen molar-refractivity contribution >= 4 is 39.3 Å². The van der Waals surface area contributed by atoms with Gasteiger partial charge in [0.15, 0.2) is 5.76 Å². The molecule has 1 N–H and O–H groups in total. The van der Waals surface area contributed by atoms with E-state index in [9.17, 15) is 9.59 Å². The number of amides is 2. The Balaban J connectivity index is 1.34. The molecule has 0 spiro atoms. The molecule has 2 aromatic heterocycles. The largest absolute Gasteiger partial charge is 0.451 e. The highest BCUT2D eigenvalue weighted by atomic mass is 16.3. The Bertz CT molecular complexity index is 1360. The van der Waals surface area contributed by atoms with Crippen LogP contribution < -0.4 is 0 Å². The molecule has 4 aromatic rings. The number of fused-ring (bicyclic) bond motifs is 2. The third-order valence-corrected chi connectivity index (χ3v) is 5.88. The normalized spacial score (nSPS) is 14.1. The predicted octanol–water partition coefficient (Wildman–Crippen LogP) is 3.87. The van der Waals surface area contributed by atoms with Crippen molar-refractivity contribution in [1.29, 1.82) is 0 Å². The number of para-hydroxylation sites is 1. The average molecular weight is 428 g/mol. The SMILES string of the molecule is CN(C)C(=O)c1cc2cc(C3=CCCN(C(=O)Cc4[nH]nc5ccccc45)C3)ccc2o1. The second-order valence-electron chi connectivity index (χ2n) is 8.29. The minimum absolute atomic E-state index is 0.0771. The standard InChI is InChI=1S/C25H24N4O3/c1-28(2)25(31)23-13-18-12-16(9-10-22(18)32-23)17-6-5-11-29(15-17)24(30)14-21-19-7-3-4-8-20(19)26-27-21/h3-4,6-10,12-13H,5,11,14-15H2,1-2H3,(H,26,27). The van der Waals surface area contributed by atoms with E-state index in [0.29, 0.717) is 30.9 Å².